The Labute approximate surface area is 209 Å². The third kappa shape index (κ3) is 5.47. The number of hydrogen-bond donors (Lipinski definition) is 1. The highest BCUT2D eigenvalue weighted by Gasteiger charge is 2.25. The summed E-state index contributed by atoms with van der Waals surface area (Å²) in [7, 11) is 0. The van der Waals surface area contributed by atoms with E-state index >= 15 is 4.39 Å². The molecule has 0 aliphatic heterocycles. The van der Waals surface area contributed by atoms with Crippen LogP contribution in [0.15, 0.2) is 66.7 Å². The molecule has 3 aromatic carbocycles. The summed E-state index contributed by atoms with van der Waals surface area (Å²) in [5, 5.41) is 4.77. The number of nitrogens with zero attached hydrogens (tertiary/aromatic N) is 2. The molecule has 1 heterocycles. The summed E-state index contributed by atoms with van der Waals surface area (Å²) in [5.74, 6) is 0.0990. The summed E-state index contributed by atoms with van der Waals surface area (Å²) in [5.41, 5.74) is 2.74. The molecule has 4 aromatic rings. The average molecular weight is 490 g/mol. The normalized spacial score (nSPS) is 11.8. The first-order chi connectivity index (χ1) is 16.9. The second-order valence-corrected chi connectivity index (χ2v) is 8.62. The van der Waals surface area contributed by atoms with Crippen molar-refractivity contribution in [1.29, 1.82) is 0 Å². The van der Waals surface area contributed by atoms with Gasteiger partial charge in [0.2, 0.25) is 0 Å². The van der Waals surface area contributed by atoms with Gasteiger partial charge in [-0.15, -0.1) is 0 Å². The van der Waals surface area contributed by atoms with E-state index in [1.165, 1.54) is 0 Å². The van der Waals surface area contributed by atoms with Crippen LogP contribution in [0.5, 0.6) is 11.5 Å². The third-order valence-electron chi connectivity index (χ3n) is 5.32. The lowest BCUT2D eigenvalue weighted by molar-refractivity contribution is 0.228. The Hall–Kier alpha value is -3.82. The summed E-state index contributed by atoms with van der Waals surface area (Å²) in [6.07, 6.45) is -0.223. The first-order valence-corrected chi connectivity index (χ1v) is 11.7. The second kappa shape index (κ2) is 10.6. The Kier molecular flexibility index (Phi) is 7.38. The molecule has 178 valence electrons. The SMILES string of the molecule is [C-]#[N+]c1ccc(NC(c2ccc3cccc(Cl)c3n2)c2cc(OCC)cc(OC(C)C)c2F)cc1. The number of aromatic nitrogens is 1. The minimum absolute atomic E-state index is 0.106. The average Bonchev–Trinajstić information content (AvgIpc) is 2.85. The smallest absolute Gasteiger partial charge is 0.187 e. The van der Waals surface area contributed by atoms with E-state index in [2.05, 4.69) is 10.2 Å². The van der Waals surface area contributed by atoms with Gasteiger partial charge >= 0.3 is 0 Å². The number of anilines is 1. The highest BCUT2D eigenvalue weighted by Crippen LogP contribution is 2.37. The molecule has 1 aromatic heterocycles. The van der Waals surface area contributed by atoms with Crippen LogP contribution in [0, 0.1) is 12.4 Å². The third-order valence-corrected chi connectivity index (χ3v) is 5.63. The Bertz CT molecular complexity index is 1380. The van der Waals surface area contributed by atoms with E-state index in [0.717, 1.165) is 5.39 Å². The van der Waals surface area contributed by atoms with Gasteiger partial charge in [0, 0.05) is 22.7 Å². The van der Waals surface area contributed by atoms with Crippen molar-refractivity contribution in [3.8, 4) is 11.5 Å². The monoisotopic (exact) mass is 489 g/mol. The maximum absolute atomic E-state index is 15.9. The molecule has 0 saturated carbocycles. The standard InChI is InChI=1S/C28H25ClFN3O2/c1-5-34-21-15-22(26(30)25(16-21)35-17(2)3)28(32-20-12-10-19(31-4)11-13-20)24-14-9-18-7-6-8-23(29)27(18)33-24/h6-17,28,32H,5H2,1-3H3. The van der Waals surface area contributed by atoms with Gasteiger partial charge in [-0.3, -0.25) is 0 Å². The predicted molar refractivity (Wildman–Crippen MR) is 138 cm³/mol. The predicted octanol–water partition coefficient (Wildman–Crippen LogP) is 7.97. The number of pyridine rings is 1. The van der Waals surface area contributed by atoms with Crippen LogP contribution in [0.3, 0.4) is 0 Å². The van der Waals surface area contributed by atoms with Crippen molar-refractivity contribution in [2.45, 2.75) is 32.9 Å². The second-order valence-electron chi connectivity index (χ2n) is 8.21. The van der Waals surface area contributed by atoms with Crippen molar-refractivity contribution in [1.82, 2.24) is 4.98 Å². The van der Waals surface area contributed by atoms with Gasteiger partial charge < -0.3 is 14.8 Å². The maximum atomic E-state index is 15.9. The summed E-state index contributed by atoms with van der Waals surface area (Å²) in [4.78, 5) is 8.24. The maximum Gasteiger partial charge on any atom is 0.187 e. The zero-order valence-corrected chi connectivity index (χ0v) is 20.4. The molecule has 0 spiro atoms. The van der Waals surface area contributed by atoms with E-state index in [1.54, 1.807) is 42.5 Å². The van der Waals surface area contributed by atoms with Crippen LogP contribution in [0.25, 0.3) is 15.7 Å². The van der Waals surface area contributed by atoms with Crippen molar-refractivity contribution in [2.24, 2.45) is 0 Å². The lowest BCUT2D eigenvalue weighted by atomic mass is 10.00. The molecule has 5 nitrogen and oxygen atoms in total. The van der Waals surface area contributed by atoms with E-state index in [0.29, 0.717) is 45.5 Å². The highest BCUT2D eigenvalue weighted by molar-refractivity contribution is 6.35. The molecular weight excluding hydrogens is 465 g/mol. The van der Waals surface area contributed by atoms with Crippen molar-refractivity contribution < 1.29 is 13.9 Å². The van der Waals surface area contributed by atoms with Crippen molar-refractivity contribution in [3.63, 3.8) is 0 Å². The summed E-state index contributed by atoms with van der Waals surface area (Å²) in [6, 6.07) is 18.8. The largest absolute Gasteiger partial charge is 0.494 e. The number of ether oxygens (including phenoxy) is 2. The van der Waals surface area contributed by atoms with E-state index in [1.807, 2.05) is 45.0 Å². The van der Waals surface area contributed by atoms with Gasteiger partial charge in [-0.1, -0.05) is 41.9 Å². The van der Waals surface area contributed by atoms with Crippen LogP contribution in [0.4, 0.5) is 15.8 Å². The topological polar surface area (TPSA) is 47.7 Å². The van der Waals surface area contributed by atoms with Gasteiger partial charge in [0.25, 0.3) is 0 Å². The summed E-state index contributed by atoms with van der Waals surface area (Å²) < 4.78 is 27.4. The zero-order valence-electron chi connectivity index (χ0n) is 19.7. The molecule has 35 heavy (non-hydrogen) atoms. The fourth-order valence-corrected chi connectivity index (χ4v) is 4.01. The van der Waals surface area contributed by atoms with Crippen LogP contribution >= 0.6 is 11.6 Å². The van der Waals surface area contributed by atoms with E-state index in [9.17, 15) is 0 Å². The zero-order chi connectivity index (χ0) is 24.9. The van der Waals surface area contributed by atoms with Gasteiger partial charge in [-0.05, 0) is 51.1 Å². The van der Waals surface area contributed by atoms with Gasteiger partial charge in [-0.2, -0.15) is 0 Å². The molecule has 1 N–H and O–H groups in total. The molecule has 0 saturated heterocycles. The van der Waals surface area contributed by atoms with Crippen LogP contribution in [0.2, 0.25) is 5.02 Å². The quantitative estimate of drug-likeness (QED) is 0.255. The number of halogens is 2. The Balaban J connectivity index is 1.89. The number of hydrogen-bond acceptors (Lipinski definition) is 4. The van der Waals surface area contributed by atoms with Gasteiger partial charge in [0.1, 0.15) is 5.75 Å². The van der Waals surface area contributed by atoms with Gasteiger partial charge in [-0.25, -0.2) is 14.2 Å². The number of fused-ring (bicyclic) bond motifs is 1. The summed E-state index contributed by atoms with van der Waals surface area (Å²) in [6.45, 7) is 13.2. The summed E-state index contributed by atoms with van der Waals surface area (Å²) >= 11 is 6.43. The van der Waals surface area contributed by atoms with E-state index < -0.39 is 11.9 Å². The molecule has 0 aliphatic rings. The molecule has 1 unspecified atom stereocenters. The molecule has 7 heteroatoms. The molecule has 0 bridgehead atoms. The molecule has 1 atom stereocenters. The Morgan fingerprint density at radius 2 is 1.86 bits per heavy atom. The van der Waals surface area contributed by atoms with Crippen molar-refractivity contribution in [3.05, 3.63) is 100 Å². The van der Waals surface area contributed by atoms with Gasteiger partial charge in [0.15, 0.2) is 17.3 Å². The number of para-hydroxylation sites is 1. The molecule has 0 aliphatic carbocycles. The Morgan fingerprint density at radius 3 is 2.54 bits per heavy atom. The first kappa shape index (κ1) is 24.3. The van der Waals surface area contributed by atoms with Crippen LogP contribution < -0.4 is 14.8 Å². The number of benzene rings is 3. The fourth-order valence-electron chi connectivity index (χ4n) is 3.79. The highest BCUT2D eigenvalue weighted by atomic mass is 35.5. The molecule has 0 amide bonds. The molecular formula is C28H25ClFN3O2. The molecule has 0 radical (unpaired) electrons. The lowest BCUT2D eigenvalue weighted by Crippen LogP contribution is -2.17. The lowest BCUT2D eigenvalue weighted by Gasteiger charge is -2.23. The Morgan fingerprint density at radius 1 is 1.09 bits per heavy atom. The van der Waals surface area contributed by atoms with Crippen LogP contribution in [-0.2, 0) is 0 Å². The van der Waals surface area contributed by atoms with E-state index in [4.69, 9.17) is 32.6 Å². The first-order valence-electron chi connectivity index (χ1n) is 11.3. The van der Waals surface area contributed by atoms with Crippen LogP contribution in [-0.4, -0.2) is 17.7 Å². The number of nitrogens with one attached hydrogen (secondary N) is 1. The molecule has 4 rings (SSSR count). The minimum Gasteiger partial charge on any atom is -0.494 e. The fraction of sp³-hybridized carbons (Fsp3) is 0.214. The number of rotatable bonds is 8. The minimum atomic E-state index is -0.690. The van der Waals surface area contributed by atoms with Crippen LogP contribution in [0.1, 0.15) is 38.1 Å². The van der Waals surface area contributed by atoms with Crippen molar-refractivity contribution >= 4 is 33.9 Å². The molecule has 0 fully saturated rings. The van der Waals surface area contributed by atoms with E-state index in [-0.39, 0.29) is 11.9 Å². The van der Waals surface area contributed by atoms with Gasteiger partial charge in [0.05, 0.1) is 41.6 Å². The van der Waals surface area contributed by atoms with Crippen molar-refractivity contribution in [2.75, 3.05) is 11.9 Å².